The number of hydrogen-bond acceptors (Lipinski definition) is 2. The van der Waals surface area contributed by atoms with Gasteiger partial charge in [0.2, 0.25) is 5.92 Å². The molecule has 1 aromatic heterocycles. The Morgan fingerprint density at radius 1 is 1.56 bits per heavy atom. The average Bonchev–Trinajstić information content (AvgIpc) is 2.28. The predicted octanol–water partition coefficient (Wildman–Crippen LogP) is 3.98. The molecule has 0 saturated heterocycles. The van der Waals surface area contributed by atoms with Crippen LogP contribution in [0.4, 0.5) is 8.78 Å². The van der Waals surface area contributed by atoms with Gasteiger partial charge in [-0.1, -0.05) is 11.6 Å². The maximum absolute atomic E-state index is 13.3. The van der Waals surface area contributed by atoms with Gasteiger partial charge >= 0.3 is 0 Å². The quantitative estimate of drug-likeness (QED) is 0.905. The molecule has 1 fully saturated rings. The second kappa shape index (κ2) is 5.49. The highest BCUT2D eigenvalue weighted by Crippen LogP contribution is 2.40. The second-order valence-electron chi connectivity index (χ2n) is 4.97. The van der Waals surface area contributed by atoms with Crippen LogP contribution in [0.5, 0.6) is 0 Å². The number of pyridine rings is 1. The van der Waals surface area contributed by atoms with Crippen LogP contribution in [0.15, 0.2) is 18.5 Å². The Morgan fingerprint density at radius 2 is 2.33 bits per heavy atom. The van der Waals surface area contributed by atoms with Crippen LogP contribution in [0.2, 0.25) is 5.02 Å². The highest BCUT2D eigenvalue weighted by molar-refractivity contribution is 6.31. The zero-order valence-corrected chi connectivity index (χ0v) is 10.7. The molecule has 0 bridgehead atoms. The fourth-order valence-electron chi connectivity index (χ4n) is 2.58. The Balaban J connectivity index is 1.99. The largest absolute Gasteiger partial charge is 0.388 e. The van der Waals surface area contributed by atoms with Crippen molar-refractivity contribution in [3.63, 3.8) is 0 Å². The van der Waals surface area contributed by atoms with Crippen LogP contribution >= 0.6 is 11.6 Å². The van der Waals surface area contributed by atoms with Crippen molar-refractivity contribution in [2.24, 2.45) is 5.92 Å². The highest BCUT2D eigenvalue weighted by atomic mass is 35.5. The Bertz CT molecular complexity index is 414. The van der Waals surface area contributed by atoms with E-state index >= 15 is 0 Å². The van der Waals surface area contributed by atoms with Crippen LogP contribution in [0, 0.1) is 5.92 Å². The van der Waals surface area contributed by atoms with E-state index in [2.05, 4.69) is 4.98 Å². The summed E-state index contributed by atoms with van der Waals surface area (Å²) >= 11 is 5.92. The lowest BCUT2D eigenvalue weighted by atomic mass is 9.82. The number of aliphatic hydroxyl groups is 1. The molecule has 100 valence electrons. The summed E-state index contributed by atoms with van der Waals surface area (Å²) in [4.78, 5) is 3.83. The lowest BCUT2D eigenvalue weighted by Gasteiger charge is -2.30. The molecule has 2 unspecified atom stereocenters. The smallest absolute Gasteiger partial charge is 0.248 e. The molecule has 0 spiro atoms. The van der Waals surface area contributed by atoms with Gasteiger partial charge in [0.1, 0.15) is 0 Å². The van der Waals surface area contributed by atoms with E-state index in [1.54, 1.807) is 12.3 Å². The van der Waals surface area contributed by atoms with Crippen LogP contribution < -0.4 is 0 Å². The number of aliphatic hydroxyl groups excluding tert-OH is 1. The number of alkyl halides is 2. The van der Waals surface area contributed by atoms with Gasteiger partial charge in [-0.25, -0.2) is 8.78 Å². The summed E-state index contributed by atoms with van der Waals surface area (Å²) in [6, 6.07) is 1.63. The molecule has 2 atom stereocenters. The number of nitrogens with zero attached hydrogens (tertiary/aromatic N) is 1. The molecule has 1 aliphatic rings. The molecule has 0 amide bonds. The number of rotatable bonds is 3. The number of hydrogen-bond donors (Lipinski definition) is 1. The zero-order chi connectivity index (χ0) is 13.2. The molecule has 5 heteroatoms. The van der Waals surface area contributed by atoms with Gasteiger partial charge in [-0.15, -0.1) is 0 Å². The van der Waals surface area contributed by atoms with E-state index in [-0.39, 0.29) is 18.8 Å². The summed E-state index contributed by atoms with van der Waals surface area (Å²) in [5, 5.41) is 10.4. The lowest BCUT2D eigenvalue weighted by molar-refractivity contribution is -0.0590. The third-order valence-electron chi connectivity index (χ3n) is 3.46. The van der Waals surface area contributed by atoms with Gasteiger partial charge in [0.25, 0.3) is 0 Å². The molecule has 2 rings (SSSR count). The van der Waals surface area contributed by atoms with Crippen LogP contribution in [-0.2, 0) is 0 Å². The molecule has 1 saturated carbocycles. The normalized spacial score (nSPS) is 24.8. The van der Waals surface area contributed by atoms with Gasteiger partial charge in [-0.2, -0.15) is 0 Å². The first kappa shape index (κ1) is 13.7. The first-order chi connectivity index (χ1) is 8.48. The fourth-order valence-corrected chi connectivity index (χ4v) is 2.82. The van der Waals surface area contributed by atoms with E-state index in [0.29, 0.717) is 23.4 Å². The van der Waals surface area contributed by atoms with Gasteiger partial charge in [0.05, 0.1) is 11.1 Å². The third kappa shape index (κ3) is 3.39. The van der Waals surface area contributed by atoms with E-state index in [1.165, 1.54) is 6.20 Å². The van der Waals surface area contributed by atoms with Crippen molar-refractivity contribution in [2.45, 2.75) is 44.1 Å². The van der Waals surface area contributed by atoms with Gasteiger partial charge in [0.15, 0.2) is 0 Å². The molecule has 1 heterocycles. The zero-order valence-electron chi connectivity index (χ0n) is 9.95. The minimum Gasteiger partial charge on any atom is -0.388 e. The van der Waals surface area contributed by atoms with Crippen molar-refractivity contribution in [3.8, 4) is 0 Å². The highest BCUT2D eigenvalue weighted by Gasteiger charge is 2.36. The standard InChI is InChI=1S/C13H16ClF2NO/c14-11-8-17-5-3-10(11)12(18)6-9-2-1-4-13(15,16)7-9/h3,5,8-9,12,18H,1-2,4,6-7H2. The fraction of sp³-hybridized carbons (Fsp3) is 0.615. The molecular weight excluding hydrogens is 260 g/mol. The van der Waals surface area contributed by atoms with E-state index in [0.717, 1.165) is 6.42 Å². The molecule has 0 aliphatic heterocycles. The van der Waals surface area contributed by atoms with Gasteiger partial charge in [-0.05, 0) is 31.2 Å². The molecule has 1 aromatic rings. The van der Waals surface area contributed by atoms with E-state index in [4.69, 9.17) is 11.6 Å². The first-order valence-corrected chi connectivity index (χ1v) is 6.51. The molecule has 18 heavy (non-hydrogen) atoms. The third-order valence-corrected chi connectivity index (χ3v) is 3.78. The summed E-state index contributed by atoms with van der Waals surface area (Å²) < 4.78 is 26.5. The van der Waals surface area contributed by atoms with Crippen LogP contribution in [0.3, 0.4) is 0 Å². The monoisotopic (exact) mass is 275 g/mol. The molecule has 0 aromatic carbocycles. The van der Waals surface area contributed by atoms with Crippen molar-refractivity contribution in [1.29, 1.82) is 0 Å². The first-order valence-electron chi connectivity index (χ1n) is 6.13. The topological polar surface area (TPSA) is 33.1 Å². The minimum absolute atomic E-state index is 0.0321. The molecule has 1 aliphatic carbocycles. The summed E-state index contributed by atoms with van der Waals surface area (Å²) in [6.07, 6.45) is 3.64. The summed E-state index contributed by atoms with van der Waals surface area (Å²) in [7, 11) is 0. The summed E-state index contributed by atoms with van der Waals surface area (Å²) in [5.74, 6) is -2.72. The maximum atomic E-state index is 13.3. The van der Waals surface area contributed by atoms with E-state index in [9.17, 15) is 13.9 Å². The van der Waals surface area contributed by atoms with Crippen molar-refractivity contribution < 1.29 is 13.9 Å². The molecule has 1 N–H and O–H groups in total. The lowest BCUT2D eigenvalue weighted by Crippen LogP contribution is -2.27. The van der Waals surface area contributed by atoms with Crippen molar-refractivity contribution in [2.75, 3.05) is 0 Å². The van der Waals surface area contributed by atoms with E-state index < -0.39 is 12.0 Å². The van der Waals surface area contributed by atoms with Gasteiger partial charge in [0, 0.05) is 30.8 Å². The van der Waals surface area contributed by atoms with Crippen LogP contribution in [0.25, 0.3) is 0 Å². The summed E-state index contributed by atoms with van der Waals surface area (Å²) in [5.41, 5.74) is 0.570. The molecule has 2 nitrogen and oxygen atoms in total. The Kier molecular flexibility index (Phi) is 4.17. The Morgan fingerprint density at radius 3 is 3.00 bits per heavy atom. The average molecular weight is 276 g/mol. The van der Waals surface area contributed by atoms with Crippen molar-refractivity contribution in [3.05, 3.63) is 29.0 Å². The molecule has 0 radical (unpaired) electrons. The second-order valence-corrected chi connectivity index (χ2v) is 5.37. The minimum atomic E-state index is -2.58. The Hall–Kier alpha value is -0.740. The molecular formula is C13H16ClF2NO. The SMILES string of the molecule is OC(CC1CCCC(F)(F)C1)c1ccncc1Cl. The van der Waals surface area contributed by atoms with Crippen molar-refractivity contribution in [1.82, 2.24) is 4.98 Å². The Labute approximate surface area is 110 Å². The van der Waals surface area contributed by atoms with Crippen molar-refractivity contribution >= 4 is 11.6 Å². The van der Waals surface area contributed by atoms with Crippen LogP contribution in [0.1, 0.15) is 43.8 Å². The summed E-state index contributed by atoms with van der Waals surface area (Å²) in [6.45, 7) is 0. The van der Waals surface area contributed by atoms with Gasteiger partial charge < -0.3 is 5.11 Å². The van der Waals surface area contributed by atoms with E-state index in [1.807, 2.05) is 0 Å². The van der Waals surface area contributed by atoms with Crippen LogP contribution in [-0.4, -0.2) is 16.0 Å². The maximum Gasteiger partial charge on any atom is 0.248 e. The number of aromatic nitrogens is 1. The number of halogens is 3. The van der Waals surface area contributed by atoms with Gasteiger partial charge in [-0.3, -0.25) is 4.98 Å². The predicted molar refractivity (Wildman–Crippen MR) is 65.7 cm³/mol.